The molecule has 1 fully saturated rings. The summed E-state index contributed by atoms with van der Waals surface area (Å²) in [5, 5.41) is 14.8. The number of hydrogen-bond acceptors (Lipinski definition) is 3. The number of hydrogen-bond donors (Lipinski definition) is 3. The van der Waals surface area contributed by atoms with E-state index >= 15 is 0 Å². The van der Waals surface area contributed by atoms with E-state index < -0.39 is 5.97 Å². The van der Waals surface area contributed by atoms with Crippen LogP contribution in [0.4, 0.5) is 4.79 Å². The van der Waals surface area contributed by atoms with Gasteiger partial charge in [-0.1, -0.05) is 24.3 Å². The third-order valence-corrected chi connectivity index (χ3v) is 4.79. The summed E-state index contributed by atoms with van der Waals surface area (Å²) in [7, 11) is 0. The van der Waals surface area contributed by atoms with E-state index in [1.165, 1.54) is 0 Å². The van der Waals surface area contributed by atoms with E-state index in [4.69, 9.17) is 5.11 Å². The zero-order valence-electron chi connectivity index (χ0n) is 14.5. The molecular weight excluding hydrogens is 330 g/mol. The van der Waals surface area contributed by atoms with Gasteiger partial charge in [0.05, 0.1) is 5.92 Å². The first-order chi connectivity index (χ1) is 12.6. The van der Waals surface area contributed by atoms with Crippen molar-refractivity contribution in [2.75, 3.05) is 0 Å². The normalized spacial score (nSPS) is 19.5. The maximum Gasteiger partial charge on any atom is 0.315 e. The van der Waals surface area contributed by atoms with E-state index in [9.17, 15) is 9.59 Å². The van der Waals surface area contributed by atoms with Crippen molar-refractivity contribution in [2.24, 2.45) is 5.92 Å². The maximum absolute atomic E-state index is 12.1. The Kier molecular flexibility index (Phi) is 5.84. The highest BCUT2D eigenvalue weighted by Gasteiger charge is 2.26. The topological polar surface area (TPSA) is 91.3 Å². The number of urea groups is 1. The van der Waals surface area contributed by atoms with Gasteiger partial charge in [-0.05, 0) is 54.5 Å². The minimum absolute atomic E-state index is 0.0485. The summed E-state index contributed by atoms with van der Waals surface area (Å²) in [6.45, 7) is 0.435. The number of carboxylic acid groups (broad SMARTS) is 1. The summed E-state index contributed by atoms with van der Waals surface area (Å²) < 4.78 is 0. The van der Waals surface area contributed by atoms with Gasteiger partial charge >= 0.3 is 12.0 Å². The molecule has 6 nitrogen and oxygen atoms in total. The largest absolute Gasteiger partial charge is 0.481 e. The molecule has 3 N–H and O–H groups in total. The molecule has 1 aliphatic rings. The molecule has 0 bridgehead atoms. The van der Waals surface area contributed by atoms with Crippen LogP contribution in [0.5, 0.6) is 0 Å². The van der Waals surface area contributed by atoms with Crippen LogP contribution in [0.2, 0.25) is 0 Å². The second-order valence-electron chi connectivity index (χ2n) is 6.66. The van der Waals surface area contributed by atoms with Crippen LogP contribution < -0.4 is 10.6 Å². The fourth-order valence-corrected chi connectivity index (χ4v) is 3.30. The molecule has 1 aromatic heterocycles. The standard InChI is InChI=1S/C20H23N3O3/c24-19(25)15-6-8-18(9-7-15)23-20(26)22-12-14-3-1-4-16(11-14)17-5-2-10-21-13-17/h1-5,10-11,13,15,18H,6-9,12H2,(H,24,25)(H2,22,23,26). The minimum Gasteiger partial charge on any atom is -0.481 e. The number of nitrogens with one attached hydrogen (secondary N) is 2. The Morgan fingerprint density at radius 2 is 1.85 bits per heavy atom. The van der Waals surface area contributed by atoms with E-state index in [1.54, 1.807) is 6.20 Å². The van der Waals surface area contributed by atoms with Gasteiger partial charge in [0.15, 0.2) is 0 Å². The predicted octanol–water partition coefficient (Wildman–Crippen LogP) is 3.19. The van der Waals surface area contributed by atoms with Gasteiger partial charge < -0.3 is 15.7 Å². The lowest BCUT2D eigenvalue weighted by Crippen LogP contribution is -2.43. The number of nitrogens with zero attached hydrogens (tertiary/aromatic N) is 1. The summed E-state index contributed by atoms with van der Waals surface area (Å²) in [5.41, 5.74) is 3.11. The fraction of sp³-hybridized carbons (Fsp3) is 0.350. The summed E-state index contributed by atoms with van der Waals surface area (Å²) in [6.07, 6.45) is 6.21. The smallest absolute Gasteiger partial charge is 0.315 e. The lowest BCUT2D eigenvalue weighted by molar-refractivity contribution is -0.142. The maximum atomic E-state index is 12.1. The van der Waals surface area contributed by atoms with Crippen LogP contribution in [0.25, 0.3) is 11.1 Å². The first-order valence-corrected chi connectivity index (χ1v) is 8.88. The van der Waals surface area contributed by atoms with Crippen molar-refractivity contribution in [3.05, 3.63) is 54.4 Å². The molecule has 0 atom stereocenters. The molecule has 0 aliphatic heterocycles. The summed E-state index contributed by atoms with van der Waals surface area (Å²) in [5.74, 6) is -1.01. The van der Waals surface area contributed by atoms with Gasteiger partial charge in [-0.15, -0.1) is 0 Å². The van der Waals surface area contributed by atoms with Crippen molar-refractivity contribution < 1.29 is 14.7 Å². The van der Waals surface area contributed by atoms with Crippen LogP contribution in [0.15, 0.2) is 48.8 Å². The molecule has 0 radical (unpaired) electrons. The Balaban J connectivity index is 1.49. The molecule has 1 heterocycles. The number of aromatic nitrogens is 1. The first kappa shape index (κ1) is 17.9. The van der Waals surface area contributed by atoms with Gasteiger partial charge in [0.1, 0.15) is 0 Å². The monoisotopic (exact) mass is 353 g/mol. The summed E-state index contributed by atoms with van der Waals surface area (Å²) in [4.78, 5) is 27.2. The van der Waals surface area contributed by atoms with Gasteiger partial charge in [-0.25, -0.2) is 4.79 Å². The van der Waals surface area contributed by atoms with Gasteiger partial charge in [0.2, 0.25) is 0 Å². The average Bonchev–Trinajstić information content (AvgIpc) is 2.68. The first-order valence-electron chi connectivity index (χ1n) is 8.88. The highest BCUT2D eigenvalue weighted by molar-refractivity contribution is 5.74. The van der Waals surface area contributed by atoms with Crippen molar-refractivity contribution in [1.29, 1.82) is 0 Å². The molecular formula is C20H23N3O3. The molecule has 1 saturated carbocycles. The van der Waals surface area contributed by atoms with Crippen LogP contribution in [0, 0.1) is 5.92 Å². The van der Waals surface area contributed by atoms with E-state index in [0.29, 0.717) is 32.2 Å². The number of aliphatic carboxylic acids is 1. The highest BCUT2D eigenvalue weighted by Crippen LogP contribution is 2.24. The van der Waals surface area contributed by atoms with Crippen LogP contribution in [0.3, 0.4) is 0 Å². The summed E-state index contributed by atoms with van der Waals surface area (Å²) >= 11 is 0. The Bertz CT molecular complexity index is 756. The van der Waals surface area contributed by atoms with Gasteiger partial charge in [0, 0.05) is 25.0 Å². The predicted molar refractivity (Wildman–Crippen MR) is 98.4 cm³/mol. The lowest BCUT2D eigenvalue weighted by atomic mass is 9.86. The number of carbonyl (C=O) groups excluding carboxylic acids is 1. The van der Waals surface area contributed by atoms with E-state index in [2.05, 4.69) is 15.6 Å². The van der Waals surface area contributed by atoms with Crippen molar-refractivity contribution in [2.45, 2.75) is 38.3 Å². The second kappa shape index (κ2) is 8.47. The highest BCUT2D eigenvalue weighted by atomic mass is 16.4. The third-order valence-electron chi connectivity index (χ3n) is 4.79. The minimum atomic E-state index is -0.735. The average molecular weight is 353 g/mol. The SMILES string of the molecule is O=C(NCc1cccc(-c2cccnc2)c1)NC1CCC(C(=O)O)CC1. The molecule has 136 valence electrons. The fourth-order valence-electron chi connectivity index (χ4n) is 3.30. The molecule has 6 heteroatoms. The number of benzene rings is 1. The quantitative estimate of drug-likeness (QED) is 0.770. The molecule has 1 aromatic carbocycles. The van der Waals surface area contributed by atoms with Gasteiger partial charge in [-0.3, -0.25) is 9.78 Å². The van der Waals surface area contributed by atoms with Crippen LogP contribution >= 0.6 is 0 Å². The molecule has 1 aliphatic carbocycles. The van der Waals surface area contributed by atoms with Gasteiger partial charge in [0.25, 0.3) is 0 Å². The Labute approximate surface area is 152 Å². The Morgan fingerprint density at radius 3 is 2.54 bits per heavy atom. The Morgan fingerprint density at radius 1 is 1.08 bits per heavy atom. The molecule has 3 rings (SSSR count). The molecule has 2 aromatic rings. The van der Waals surface area contributed by atoms with E-state index in [1.807, 2.05) is 42.6 Å². The molecule has 2 amide bonds. The zero-order chi connectivity index (χ0) is 18.4. The molecule has 26 heavy (non-hydrogen) atoms. The number of rotatable bonds is 5. The van der Waals surface area contributed by atoms with Crippen molar-refractivity contribution in [1.82, 2.24) is 15.6 Å². The summed E-state index contributed by atoms with van der Waals surface area (Å²) in [6, 6.07) is 11.7. The van der Waals surface area contributed by atoms with Crippen LogP contribution in [0.1, 0.15) is 31.2 Å². The van der Waals surface area contributed by atoms with Crippen molar-refractivity contribution in [3.8, 4) is 11.1 Å². The van der Waals surface area contributed by atoms with Crippen molar-refractivity contribution in [3.63, 3.8) is 0 Å². The third kappa shape index (κ3) is 4.81. The lowest BCUT2D eigenvalue weighted by Gasteiger charge is -2.26. The molecule has 0 saturated heterocycles. The number of amides is 2. The van der Waals surface area contributed by atoms with Crippen LogP contribution in [-0.2, 0) is 11.3 Å². The second-order valence-corrected chi connectivity index (χ2v) is 6.66. The Hall–Kier alpha value is -2.89. The van der Waals surface area contributed by atoms with E-state index in [0.717, 1.165) is 16.7 Å². The van der Waals surface area contributed by atoms with E-state index in [-0.39, 0.29) is 18.0 Å². The number of pyridine rings is 1. The number of carboxylic acids is 1. The zero-order valence-corrected chi connectivity index (χ0v) is 14.5. The number of carbonyl (C=O) groups is 2. The molecule has 0 spiro atoms. The van der Waals surface area contributed by atoms with Gasteiger partial charge in [-0.2, -0.15) is 0 Å². The van der Waals surface area contributed by atoms with Crippen molar-refractivity contribution >= 4 is 12.0 Å². The molecule has 0 unspecified atom stereocenters. The van der Waals surface area contributed by atoms with Crippen LogP contribution in [-0.4, -0.2) is 28.1 Å².